The highest BCUT2D eigenvalue weighted by molar-refractivity contribution is 5.93. The lowest BCUT2D eigenvalue weighted by molar-refractivity contribution is 0.0679. The molecule has 0 unspecified atom stereocenters. The molecule has 1 amide bonds. The fourth-order valence-electron chi connectivity index (χ4n) is 1.36. The summed E-state index contributed by atoms with van der Waals surface area (Å²) < 4.78 is 0. The number of rotatable bonds is 6. The number of nitrogens with two attached hydrogens (primary N) is 1. The Labute approximate surface area is 98.8 Å². The molecule has 1 aromatic rings. The summed E-state index contributed by atoms with van der Waals surface area (Å²) in [4.78, 5) is 17.2. The molecule has 0 aliphatic rings. The zero-order chi connectivity index (χ0) is 12.7. The Balaban J connectivity index is 2.84. The third kappa shape index (κ3) is 3.66. The lowest BCUT2D eigenvalue weighted by Crippen LogP contribution is -2.36. The van der Waals surface area contributed by atoms with Crippen LogP contribution in [0.5, 0.6) is 0 Å². The van der Waals surface area contributed by atoms with Crippen molar-refractivity contribution in [2.45, 2.75) is 0 Å². The first-order valence-electron chi connectivity index (χ1n) is 5.16. The zero-order valence-electron chi connectivity index (χ0n) is 9.33. The van der Waals surface area contributed by atoms with Gasteiger partial charge < -0.3 is 20.5 Å². The van der Waals surface area contributed by atoms with Crippen LogP contribution in [0.4, 0.5) is 5.69 Å². The summed E-state index contributed by atoms with van der Waals surface area (Å²) in [7, 11) is 0. The quantitative estimate of drug-likeness (QED) is 0.367. The molecular formula is C10H16N4O3. The van der Waals surface area contributed by atoms with Crippen LogP contribution in [0, 0.1) is 0 Å². The van der Waals surface area contributed by atoms with E-state index < -0.39 is 0 Å². The van der Waals surface area contributed by atoms with Gasteiger partial charge in [0.15, 0.2) is 0 Å². The number of nitrogens with one attached hydrogen (secondary N) is 1. The molecule has 7 nitrogen and oxygen atoms in total. The summed E-state index contributed by atoms with van der Waals surface area (Å²) in [5.74, 6) is 4.87. The van der Waals surface area contributed by atoms with Gasteiger partial charge in [0.05, 0.1) is 18.9 Å². The van der Waals surface area contributed by atoms with Crippen LogP contribution in [0.1, 0.15) is 10.5 Å². The second-order valence-electron chi connectivity index (χ2n) is 3.31. The number of nitrogen functional groups attached to an aromatic ring is 1. The average molecular weight is 240 g/mol. The normalized spacial score (nSPS) is 10.1. The lowest BCUT2D eigenvalue weighted by Gasteiger charge is -2.20. The number of hydrazine groups is 1. The molecule has 0 aliphatic carbocycles. The van der Waals surface area contributed by atoms with E-state index in [1.54, 1.807) is 6.07 Å². The standard InChI is InChI=1S/C10H16N4O3/c11-13-8-1-2-12-9(7-8)10(17)14(3-5-15)4-6-16/h1-2,7,15-16H,3-6,11H2,(H,12,13). The minimum Gasteiger partial charge on any atom is -0.395 e. The number of anilines is 1. The van der Waals surface area contributed by atoms with Gasteiger partial charge in [0.2, 0.25) is 0 Å². The van der Waals surface area contributed by atoms with Crippen molar-refractivity contribution in [1.29, 1.82) is 0 Å². The molecule has 0 atom stereocenters. The molecular weight excluding hydrogens is 224 g/mol. The van der Waals surface area contributed by atoms with Crippen molar-refractivity contribution in [2.75, 3.05) is 31.7 Å². The highest BCUT2D eigenvalue weighted by Crippen LogP contribution is 2.08. The monoisotopic (exact) mass is 240 g/mol. The molecule has 0 aromatic carbocycles. The number of aliphatic hydroxyl groups excluding tert-OH is 2. The second-order valence-corrected chi connectivity index (χ2v) is 3.31. The van der Waals surface area contributed by atoms with Crippen LogP contribution in [0.2, 0.25) is 0 Å². The van der Waals surface area contributed by atoms with Crippen molar-refractivity contribution in [3.63, 3.8) is 0 Å². The topological polar surface area (TPSA) is 112 Å². The van der Waals surface area contributed by atoms with Crippen molar-refractivity contribution >= 4 is 11.6 Å². The molecule has 17 heavy (non-hydrogen) atoms. The smallest absolute Gasteiger partial charge is 0.272 e. The molecule has 7 heteroatoms. The number of carbonyl (C=O) groups excluding carboxylic acids is 1. The number of hydrogen-bond donors (Lipinski definition) is 4. The van der Waals surface area contributed by atoms with Crippen molar-refractivity contribution in [3.8, 4) is 0 Å². The summed E-state index contributed by atoms with van der Waals surface area (Å²) in [6.45, 7) is -0.0240. The summed E-state index contributed by atoms with van der Waals surface area (Å²) in [6.07, 6.45) is 1.46. The van der Waals surface area contributed by atoms with Gasteiger partial charge in [-0.05, 0) is 12.1 Å². The van der Waals surface area contributed by atoms with Crippen LogP contribution in [0.15, 0.2) is 18.3 Å². The molecule has 0 aliphatic heterocycles. The lowest BCUT2D eigenvalue weighted by atomic mass is 10.3. The fourth-order valence-corrected chi connectivity index (χ4v) is 1.36. The van der Waals surface area contributed by atoms with Crippen molar-refractivity contribution in [2.24, 2.45) is 5.84 Å². The number of pyridine rings is 1. The molecule has 94 valence electrons. The molecule has 0 saturated heterocycles. The zero-order valence-corrected chi connectivity index (χ0v) is 9.33. The van der Waals surface area contributed by atoms with E-state index in [0.29, 0.717) is 5.69 Å². The molecule has 0 spiro atoms. The van der Waals surface area contributed by atoms with Gasteiger partial charge in [-0.2, -0.15) is 0 Å². The highest BCUT2D eigenvalue weighted by atomic mass is 16.3. The van der Waals surface area contributed by atoms with Crippen LogP contribution in [0.25, 0.3) is 0 Å². The first-order valence-corrected chi connectivity index (χ1v) is 5.16. The summed E-state index contributed by atoms with van der Waals surface area (Å²) in [6, 6.07) is 3.13. The van der Waals surface area contributed by atoms with Gasteiger partial charge in [0.25, 0.3) is 5.91 Å². The number of aromatic nitrogens is 1. The number of amides is 1. The molecule has 0 fully saturated rings. The third-order valence-electron chi connectivity index (χ3n) is 2.17. The van der Waals surface area contributed by atoms with E-state index in [4.69, 9.17) is 16.1 Å². The van der Waals surface area contributed by atoms with E-state index in [1.807, 2.05) is 0 Å². The van der Waals surface area contributed by atoms with Gasteiger partial charge in [-0.1, -0.05) is 0 Å². The predicted octanol–water partition coefficient (Wildman–Crippen LogP) is -1.21. The maximum Gasteiger partial charge on any atom is 0.272 e. The minimum absolute atomic E-state index is 0.154. The van der Waals surface area contributed by atoms with Crippen molar-refractivity contribution in [1.82, 2.24) is 9.88 Å². The van der Waals surface area contributed by atoms with Crippen molar-refractivity contribution < 1.29 is 15.0 Å². The maximum atomic E-state index is 12.0. The predicted molar refractivity (Wildman–Crippen MR) is 62.1 cm³/mol. The molecule has 1 aromatic heterocycles. The van der Waals surface area contributed by atoms with E-state index in [0.717, 1.165) is 0 Å². The Bertz CT molecular complexity index is 366. The van der Waals surface area contributed by atoms with Crippen LogP contribution < -0.4 is 11.3 Å². The van der Waals surface area contributed by atoms with Crippen LogP contribution >= 0.6 is 0 Å². The third-order valence-corrected chi connectivity index (χ3v) is 2.17. The van der Waals surface area contributed by atoms with E-state index in [2.05, 4.69) is 10.4 Å². The maximum absolute atomic E-state index is 12.0. The van der Waals surface area contributed by atoms with Gasteiger partial charge in [-0.15, -0.1) is 0 Å². The number of carbonyl (C=O) groups is 1. The van der Waals surface area contributed by atoms with Gasteiger partial charge in [0, 0.05) is 19.3 Å². The van der Waals surface area contributed by atoms with Crippen LogP contribution in [-0.2, 0) is 0 Å². The molecule has 0 saturated carbocycles. The Hall–Kier alpha value is -1.70. The first-order chi connectivity index (χ1) is 8.22. The minimum atomic E-state index is -0.356. The number of nitrogens with zero attached hydrogens (tertiary/aromatic N) is 2. The van der Waals surface area contributed by atoms with Gasteiger partial charge in [-0.25, -0.2) is 0 Å². The molecule has 1 rings (SSSR count). The Morgan fingerprint density at radius 1 is 1.41 bits per heavy atom. The summed E-state index contributed by atoms with van der Waals surface area (Å²) >= 11 is 0. The van der Waals surface area contributed by atoms with E-state index >= 15 is 0 Å². The highest BCUT2D eigenvalue weighted by Gasteiger charge is 2.16. The molecule has 0 bridgehead atoms. The Kier molecular flexibility index (Phi) is 5.34. The number of aliphatic hydroxyl groups is 2. The summed E-state index contributed by atoms with van der Waals surface area (Å²) in [5, 5.41) is 17.7. The van der Waals surface area contributed by atoms with E-state index in [1.165, 1.54) is 17.2 Å². The molecule has 0 radical (unpaired) electrons. The van der Waals surface area contributed by atoms with Gasteiger partial charge >= 0.3 is 0 Å². The Morgan fingerprint density at radius 2 is 2.06 bits per heavy atom. The summed E-state index contributed by atoms with van der Waals surface area (Å²) in [5.41, 5.74) is 3.19. The second kappa shape index (κ2) is 6.79. The number of hydrogen-bond acceptors (Lipinski definition) is 6. The van der Waals surface area contributed by atoms with Crippen LogP contribution in [0.3, 0.4) is 0 Å². The van der Waals surface area contributed by atoms with Gasteiger partial charge in [0.1, 0.15) is 5.69 Å². The molecule has 1 heterocycles. The SMILES string of the molecule is NNc1ccnc(C(=O)N(CCO)CCO)c1. The van der Waals surface area contributed by atoms with E-state index in [9.17, 15) is 4.79 Å². The van der Waals surface area contributed by atoms with Crippen LogP contribution in [-0.4, -0.2) is 52.3 Å². The largest absolute Gasteiger partial charge is 0.395 e. The molecule has 5 N–H and O–H groups in total. The average Bonchev–Trinajstić information content (AvgIpc) is 2.38. The fraction of sp³-hybridized carbons (Fsp3) is 0.400. The van der Waals surface area contributed by atoms with E-state index in [-0.39, 0.29) is 37.9 Å². The van der Waals surface area contributed by atoms with Gasteiger partial charge in [-0.3, -0.25) is 15.6 Å². The first kappa shape index (κ1) is 13.4. The Morgan fingerprint density at radius 3 is 2.59 bits per heavy atom. The van der Waals surface area contributed by atoms with Crippen molar-refractivity contribution in [3.05, 3.63) is 24.0 Å².